The van der Waals surface area contributed by atoms with Gasteiger partial charge >= 0.3 is 0 Å². The third kappa shape index (κ3) is 2.23. The number of benzene rings is 1. The maximum absolute atomic E-state index is 11.2. The first-order valence-electron chi connectivity index (χ1n) is 6.80. The second-order valence-corrected chi connectivity index (χ2v) is 5.75. The van der Waals surface area contributed by atoms with E-state index in [9.17, 15) is 4.79 Å². The highest BCUT2D eigenvalue weighted by molar-refractivity contribution is 6.31. The van der Waals surface area contributed by atoms with Gasteiger partial charge in [-0.2, -0.15) is 4.98 Å². The van der Waals surface area contributed by atoms with E-state index in [-0.39, 0.29) is 0 Å². The van der Waals surface area contributed by atoms with Crippen molar-refractivity contribution >= 4 is 28.8 Å². The van der Waals surface area contributed by atoms with Crippen LogP contribution in [0.5, 0.6) is 0 Å². The highest BCUT2D eigenvalue weighted by Crippen LogP contribution is 2.38. The predicted octanol–water partition coefficient (Wildman–Crippen LogP) is 3.42. The Morgan fingerprint density at radius 3 is 3.05 bits per heavy atom. The predicted molar refractivity (Wildman–Crippen MR) is 77.7 cm³/mol. The molecule has 106 valence electrons. The summed E-state index contributed by atoms with van der Waals surface area (Å²) in [5.41, 5.74) is 1.51. The van der Waals surface area contributed by atoms with Crippen molar-refractivity contribution in [1.82, 2.24) is 14.7 Å². The van der Waals surface area contributed by atoms with Crippen molar-refractivity contribution in [3.05, 3.63) is 46.7 Å². The fourth-order valence-corrected chi connectivity index (χ4v) is 2.67. The van der Waals surface area contributed by atoms with Crippen molar-refractivity contribution in [3.63, 3.8) is 0 Å². The average Bonchev–Trinajstić information content (AvgIpc) is 3.14. The largest absolute Gasteiger partial charge is 0.337 e. The first-order valence-corrected chi connectivity index (χ1v) is 7.18. The molecule has 1 fully saturated rings. The molecule has 1 saturated carbocycles. The van der Waals surface area contributed by atoms with Crippen LogP contribution in [-0.4, -0.2) is 21.0 Å². The maximum Gasteiger partial charge on any atom is 0.246 e. The van der Waals surface area contributed by atoms with Gasteiger partial charge in [0.2, 0.25) is 5.89 Å². The molecule has 21 heavy (non-hydrogen) atoms. The molecular weight excluding hydrogens is 290 g/mol. The van der Waals surface area contributed by atoms with Gasteiger partial charge in [-0.1, -0.05) is 22.8 Å². The monoisotopic (exact) mass is 301 g/mol. The van der Waals surface area contributed by atoms with Crippen LogP contribution in [-0.2, 0) is 6.54 Å². The van der Waals surface area contributed by atoms with Crippen LogP contribution in [0.25, 0.3) is 10.9 Å². The standard InChI is InChI=1S/C15H12ClN3O2/c16-11-3-4-12-10(8-20)6-19(13(12)5-11)7-14-17-15(18-21-14)9-1-2-9/h3-6,8-9H,1-2,7H2. The Morgan fingerprint density at radius 2 is 2.29 bits per heavy atom. The highest BCUT2D eigenvalue weighted by Gasteiger charge is 2.28. The lowest BCUT2D eigenvalue weighted by Crippen LogP contribution is -1.98. The third-order valence-corrected chi connectivity index (χ3v) is 3.97. The fourth-order valence-electron chi connectivity index (χ4n) is 2.50. The molecule has 2 aromatic heterocycles. The number of halogens is 1. The Hall–Kier alpha value is -2.14. The van der Waals surface area contributed by atoms with Crippen LogP contribution in [0, 0.1) is 0 Å². The molecule has 4 rings (SSSR count). The van der Waals surface area contributed by atoms with E-state index in [4.69, 9.17) is 16.1 Å². The number of hydrogen-bond donors (Lipinski definition) is 0. The van der Waals surface area contributed by atoms with Crippen molar-refractivity contribution in [2.75, 3.05) is 0 Å². The number of nitrogens with zero attached hydrogens (tertiary/aromatic N) is 3. The van der Waals surface area contributed by atoms with E-state index < -0.39 is 0 Å². The van der Waals surface area contributed by atoms with E-state index >= 15 is 0 Å². The van der Waals surface area contributed by atoms with Crippen molar-refractivity contribution in [3.8, 4) is 0 Å². The Kier molecular flexibility index (Phi) is 2.82. The lowest BCUT2D eigenvalue weighted by atomic mass is 10.2. The van der Waals surface area contributed by atoms with Crippen molar-refractivity contribution in [1.29, 1.82) is 0 Å². The molecule has 3 aromatic rings. The Labute approximate surface area is 125 Å². The van der Waals surface area contributed by atoms with Gasteiger partial charge in [-0.25, -0.2) is 0 Å². The minimum absolute atomic E-state index is 0.435. The van der Waals surface area contributed by atoms with Gasteiger partial charge in [-0.15, -0.1) is 0 Å². The molecule has 0 aliphatic heterocycles. The zero-order valence-corrected chi connectivity index (χ0v) is 11.9. The average molecular weight is 302 g/mol. The zero-order valence-electron chi connectivity index (χ0n) is 11.1. The van der Waals surface area contributed by atoms with Crippen LogP contribution in [0.1, 0.15) is 40.8 Å². The first kappa shape index (κ1) is 12.6. The van der Waals surface area contributed by atoms with Crippen molar-refractivity contribution < 1.29 is 9.32 Å². The molecule has 0 N–H and O–H groups in total. The molecule has 5 nitrogen and oxygen atoms in total. The smallest absolute Gasteiger partial charge is 0.246 e. The minimum Gasteiger partial charge on any atom is -0.337 e. The SMILES string of the molecule is O=Cc1cn(Cc2nc(C3CC3)no2)c2cc(Cl)ccc12. The molecule has 1 aliphatic rings. The molecule has 0 unspecified atom stereocenters. The van der Waals surface area contributed by atoms with Gasteiger partial charge in [0, 0.05) is 28.1 Å². The second-order valence-electron chi connectivity index (χ2n) is 5.31. The summed E-state index contributed by atoms with van der Waals surface area (Å²) in [5, 5.41) is 5.50. The number of fused-ring (bicyclic) bond motifs is 1. The summed E-state index contributed by atoms with van der Waals surface area (Å²) < 4.78 is 7.20. The molecule has 6 heteroatoms. The number of aromatic nitrogens is 3. The molecule has 2 heterocycles. The quantitative estimate of drug-likeness (QED) is 0.693. The zero-order chi connectivity index (χ0) is 14.4. The fraction of sp³-hybridized carbons (Fsp3) is 0.267. The molecule has 0 spiro atoms. The highest BCUT2D eigenvalue weighted by atomic mass is 35.5. The van der Waals surface area contributed by atoms with E-state index in [1.807, 2.05) is 16.7 Å². The summed E-state index contributed by atoms with van der Waals surface area (Å²) in [6, 6.07) is 5.46. The van der Waals surface area contributed by atoms with E-state index in [0.717, 1.165) is 35.9 Å². The van der Waals surface area contributed by atoms with Gasteiger partial charge < -0.3 is 9.09 Å². The summed E-state index contributed by atoms with van der Waals surface area (Å²) in [6.45, 7) is 0.435. The van der Waals surface area contributed by atoms with Gasteiger partial charge in [0.15, 0.2) is 12.1 Å². The lowest BCUT2D eigenvalue weighted by Gasteiger charge is -2.01. The van der Waals surface area contributed by atoms with Crippen LogP contribution in [0.2, 0.25) is 5.02 Å². The summed E-state index contributed by atoms with van der Waals surface area (Å²) in [5.74, 6) is 1.80. The number of carbonyl (C=O) groups excluding carboxylic acids is 1. The van der Waals surface area contributed by atoms with Gasteiger partial charge in [-0.05, 0) is 25.0 Å². The number of rotatable bonds is 4. The van der Waals surface area contributed by atoms with E-state index in [1.54, 1.807) is 12.3 Å². The molecular formula is C15H12ClN3O2. The molecule has 0 atom stereocenters. The Morgan fingerprint density at radius 1 is 1.43 bits per heavy atom. The maximum atomic E-state index is 11.2. The van der Waals surface area contributed by atoms with Crippen LogP contribution in [0.15, 0.2) is 28.9 Å². The number of aldehydes is 1. The van der Waals surface area contributed by atoms with Gasteiger partial charge in [0.05, 0.1) is 5.52 Å². The molecule has 0 amide bonds. The van der Waals surface area contributed by atoms with E-state index in [1.165, 1.54) is 0 Å². The molecule has 0 radical (unpaired) electrons. The Balaban J connectivity index is 1.74. The van der Waals surface area contributed by atoms with E-state index in [2.05, 4.69) is 10.1 Å². The van der Waals surface area contributed by atoms with E-state index in [0.29, 0.717) is 28.9 Å². The molecule has 0 bridgehead atoms. The van der Waals surface area contributed by atoms with Gasteiger partial charge in [-0.3, -0.25) is 4.79 Å². The topological polar surface area (TPSA) is 60.9 Å². The molecule has 1 aliphatic carbocycles. The number of carbonyl (C=O) groups is 1. The third-order valence-electron chi connectivity index (χ3n) is 3.73. The van der Waals surface area contributed by atoms with Crippen LogP contribution in [0.4, 0.5) is 0 Å². The van der Waals surface area contributed by atoms with Gasteiger partial charge in [0.1, 0.15) is 6.54 Å². The first-order chi connectivity index (χ1) is 10.2. The number of hydrogen-bond acceptors (Lipinski definition) is 4. The summed E-state index contributed by atoms with van der Waals surface area (Å²) in [7, 11) is 0. The van der Waals surface area contributed by atoms with Crippen molar-refractivity contribution in [2.24, 2.45) is 0 Å². The molecule has 1 aromatic carbocycles. The van der Waals surface area contributed by atoms with Gasteiger partial charge in [0.25, 0.3) is 0 Å². The summed E-state index contributed by atoms with van der Waals surface area (Å²) in [4.78, 5) is 15.6. The lowest BCUT2D eigenvalue weighted by molar-refractivity contribution is 0.112. The van der Waals surface area contributed by atoms with Crippen LogP contribution < -0.4 is 0 Å². The minimum atomic E-state index is 0.435. The van der Waals surface area contributed by atoms with Crippen LogP contribution in [0.3, 0.4) is 0 Å². The summed E-state index contributed by atoms with van der Waals surface area (Å²) >= 11 is 6.05. The normalized spacial score (nSPS) is 14.7. The van der Waals surface area contributed by atoms with Crippen molar-refractivity contribution in [2.45, 2.75) is 25.3 Å². The second kappa shape index (κ2) is 4.70. The van der Waals surface area contributed by atoms with Crippen LogP contribution >= 0.6 is 11.6 Å². The summed E-state index contributed by atoms with van der Waals surface area (Å²) in [6.07, 6.45) is 4.90. The molecule has 0 saturated heterocycles. The Bertz CT molecular complexity index is 833.